The van der Waals surface area contributed by atoms with Crippen LogP contribution in [-0.2, 0) is 4.74 Å². The maximum absolute atomic E-state index is 11.0. The molecule has 1 atom stereocenters. The molecule has 1 aliphatic rings. The van der Waals surface area contributed by atoms with Crippen molar-refractivity contribution in [1.82, 2.24) is 0 Å². The minimum Gasteiger partial charge on any atom is -0.478 e. The van der Waals surface area contributed by atoms with Gasteiger partial charge in [-0.15, -0.1) is 0 Å². The van der Waals surface area contributed by atoms with Gasteiger partial charge in [0.05, 0.1) is 10.5 Å². The molecule has 1 saturated heterocycles. The smallest absolute Gasteiger partial charge is 0.335 e. The number of carbonyl (C=O) groups is 1. The molecule has 1 heterocycles. The number of hydrogen-bond acceptors (Lipinski definition) is 5. The second kappa shape index (κ2) is 6.33. The number of aromatic carboxylic acids is 1. The number of hydrogen-bond donors (Lipinski definition) is 2. The summed E-state index contributed by atoms with van der Waals surface area (Å²) >= 11 is 0. The molecule has 1 fully saturated rings. The van der Waals surface area contributed by atoms with Crippen LogP contribution in [0, 0.1) is 16.0 Å². The summed E-state index contributed by atoms with van der Waals surface area (Å²) in [5.74, 6) is -0.692. The fourth-order valence-electron chi connectivity index (χ4n) is 2.19. The molecule has 0 bridgehead atoms. The Morgan fingerprint density at radius 2 is 2.35 bits per heavy atom. The molecule has 0 radical (unpaired) electrons. The molecular weight excluding hydrogens is 264 g/mol. The van der Waals surface area contributed by atoms with Crippen LogP contribution in [0.5, 0.6) is 0 Å². The predicted octanol–water partition coefficient (Wildman–Crippen LogP) is 2.13. The molecule has 7 nitrogen and oxygen atoms in total. The van der Waals surface area contributed by atoms with Gasteiger partial charge in [-0.05, 0) is 30.9 Å². The number of nitrogens with zero attached hydrogens (tertiary/aromatic N) is 1. The largest absolute Gasteiger partial charge is 0.478 e. The van der Waals surface area contributed by atoms with E-state index >= 15 is 0 Å². The monoisotopic (exact) mass is 280 g/mol. The van der Waals surface area contributed by atoms with Crippen LogP contribution in [0.2, 0.25) is 0 Å². The summed E-state index contributed by atoms with van der Waals surface area (Å²) in [4.78, 5) is 21.2. The lowest BCUT2D eigenvalue weighted by Gasteiger charge is -2.10. The Morgan fingerprint density at radius 1 is 1.55 bits per heavy atom. The Bertz CT molecular complexity index is 511. The first-order valence-electron chi connectivity index (χ1n) is 6.41. The first-order chi connectivity index (χ1) is 9.58. The van der Waals surface area contributed by atoms with Crippen molar-refractivity contribution < 1.29 is 19.6 Å². The van der Waals surface area contributed by atoms with E-state index in [-0.39, 0.29) is 11.3 Å². The number of carboxylic acid groups (broad SMARTS) is 1. The topological polar surface area (TPSA) is 102 Å². The molecule has 0 saturated carbocycles. The van der Waals surface area contributed by atoms with E-state index < -0.39 is 10.9 Å². The lowest BCUT2D eigenvalue weighted by Crippen LogP contribution is -2.10. The molecule has 20 heavy (non-hydrogen) atoms. The number of nitro groups is 1. The highest BCUT2D eigenvalue weighted by Crippen LogP contribution is 2.26. The van der Waals surface area contributed by atoms with Gasteiger partial charge in [-0.25, -0.2) is 4.79 Å². The second-order valence-corrected chi connectivity index (χ2v) is 4.74. The van der Waals surface area contributed by atoms with Crippen LogP contribution in [0.1, 0.15) is 23.2 Å². The molecule has 7 heteroatoms. The molecule has 0 aromatic heterocycles. The number of ether oxygens (including phenoxy) is 1. The molecule has 1 aromatic carbocycles. The van der Waals surface area contributed by atoms with Crippen LogP contribution < -0.4 is 5.32 Å². The number of rotatable bonds is 6. The SMILES string of the molecule is O=C(O)c1ccc(NCCC2CCOC2)c([N+](=O)[O-])c1. The van der Waals surface area contributed by atoms with Crippen LogP contribution in [0.3, 0.4) is 0 Å². The van der Waals surface area contributed by atoms with E-state index in [9.17, 15) is 14.9 Å². The predicted molar refractivity (Wildman–Crippen MR) is 72.1 cm³/mol. The van der Waals surface area contributed by atoms with Crippen molar-refractivity contribution in [2.45, 2.75) is 12.8 Å². The Balaban J connectivity index is 2.02. The molecule has 2 rings (SSSR count). The summed E-state index contributed by atoms with van der Waals surface area (Å²) < 4.78 is 5.26. The molecule has 108 valence electrons. The van der Waals surface area contributed by atoms with E-state index in [1.54, 1.807) is 0 Å². The van der Waals surface area contributed by atoms with Gasteiger partial charge in [0, 0.05) is 25.8 Å². The van der Waals surface area contributed by atoms with E-state index in [4.69, 9.17) is 9.84 Å². The van der Waals surface area contributed by atoms with Crippen molar-refractivity contribution in [3.05, 3.63) is 33.9 Å². The molecular formula is C13H16N2O5. The molecule has 2 N–H and O–H groups in total. The van der Waals surface area contributed by atoms with Crippen LogP contribution >= 0.6 is 0 Å². The van der Waals surface area contributed by atoms with Crippen LogP contribution in [0.25, 0.3) is 0 Å². The molecule has 0 spiro atoms. The number of benzene rings is 1. The van der Waals surface area contributed by atoms with E-state index in [1.807, 2.05) is 0 Å². The molecule has 1 aromatic rings. The van der Waals surface area contributed by atoms with Crippen molar-refractivity contribution in [2.24, 2.45) is 5.92 Å². The maximum Gasteiger partial charge on any atom is 0.335 e. The van der Waals surface area contributed by atoms with Crippen molar-refractivity contribution in [2.75, 3.05) is 25.1 Å². The normalized spacial score (nSPS) is 17.9. The molecule has 0 aliphatic carbocycles. The van der Waals surface area contributed by atoms with E-state index in [1.165, 1.54) is 12.1 Å². The Hall–Kier alpha value is -2.15. The highest BCUT2D eigenvalue weighted by molar-refractivity contribution is 5.89. The number of carboxylic acids is 1. The van der Waals surface area contributed by atoms with Gasteiger partial charge < -0.3 is 15.2 Å². The lowest BCUT2D eigenvalue weighted by molar-refractivity contribution is -0.384. The van der Waals surface area contributed by atoms with Crippen molar-refractivity contribution in [3.63, 3.8) is 0 Å². The zero-order valence-electron chi connectivity index (χ0n) is 10.9. The summed E-state index contributed by atoms with van der Waals surface area (Å²) in [7, 11) is 0. The summed E-state index contributed by atoms with van der Waals surface area (Å²) in [5, 5.41) is 22.8. The summed E-state index contributed by atoms with van der Waals surface area (Å²) in [6.07, 6.45) is 1.89. The number of anilines is 1. The molecule has 1 aliphatic heterocycles. The third-order valence-electron chi connectivity index (χ3n) is 3.33. The van der Waals surface area contributed by atoms with Crippen LogP contribution in [0.15, 0.2) is 18.2 Å². The fourth-order valence-corrected chi connectivity index (χ4v) is 2.19. The Morgan fingerprint density at radius 3 is 2.95 bits per heavy atom. The molecule has 1 unspecified atom stereocenters. The van der Waals surface area contributed by atoms with Crippen molar-refractivity contribution >= 4 is 17.3 Å². The third kappa shape index (κ3) is 3.45. The van der Waals surface area contributed by atoms with Crippen molar-refractivity contribution in [3.8, 4) is 0 Å². The van der Waals surface area contributed by atoms with Gasteiger partial charge in [-0.1, -0.05) is 0 Å². The average Bonchev–Trinajstić information content (AvgIpc) is 2.91. The minimum atomic E-state index is -1.18. The van der Waals surface area contributed by atoms with E-state index in [2.05, 4.69) is 5.32 Å². The summed E-state index contributed by atoms with van der Waals surface area (Å²) in [6.45, 7) is 2.11. The number of nitro benzene ring substituents is 1. The fraction of sp³-hybridized carbons (Fsp3) is 0.462. The molecule has 0 amide bonds. The first kappa shape index (κ1) is 14.3. The van der Waals surface area contributed by atoms with Crippen LogP contribution in [-0.4, -0.2) is 35.8 Å². The minimum absolute atomic E-state index is 0.0913. The zero-order valence-corrected chi connectivity index (χ0v) is 10.9. The highest BCUT2D eigenvalue weighted by Gasteiger charge is 2.18. The number of nitrogens with one attached hydrogen (secondary N) is 1. The van der Waals surface area contributed by atoms with Gasteiger partial charge in [0.1, 0.15) is 5.69 Å². The van der Waals surface area contributed by atoms with Crippen molar-refractivity contribution in [1.29, 1.82) is 0 Å². The standard InChI is InChI=1S/C13H16N2O5/c16-13(17)10-1-2-11(12(7-10)15(18)19)14-5-3-9-4-6-20-8-9/h1-2,7,9,14H,3-6,8H2,(H,16,17). The van der Waals surface area contributed by atoms with E-state index in [0.717, 1.165) is 32.1 Å². The highest BCUT2D eigenvalue weighted by atomic mass is 16.6. The van der Waals surface area contributed by atoms with E-state index in [0.29, 0.717) is 18.2 Å². The Kier molecular flexibility index (Phi) is 4.52. The third-order valence-corrected chi connectivity index (χ3v) is 3.33. The summed E-state index contributed by atoms with van der Waals surface area (Å²) in [6, 6.07) is 3.87. The van der Waals surface area contributed by atoms with Crippen LogP contribution in [0.4, 0.5) is 11.4 Å². The quantitative estimate of drug-likeness (QED) is 0.611. The second-order valence-electron chi connectivity index (χ2n) is 4.74. The first-order valence-corrected chi connectivity index (χ1v) is 6.41. The van der Waals surface area contributed by atoms with Gasteiger partial charge in [0.2, 0.25) is 0 Å². The van der Waals surface area contributed by atoms with Gasteiger partial charge in [0.25, 0.3) is 5.69 Å². The Labute approximate surface area is 115 Å². The zero-order chi connectivity index (χ0) is 14.5. The van der Waals surface area contributed by atoms with Gasteiger partial charge in [0.15, 0.2) is 0 Å². The van der Waals surface area contributed by atoms with Gasteiger partial charge >= 0.3 is 5.97 Å². The average molecular weight is 280 g/mol. The maximum atomic E-state index is 11.0. The van der Waals surface area contributed by atoms with Gasteiger partial charge in [-0.2, -0.15) is 0 Å². The lowest BCUT2D eigenvalue weighted by atomic mass is 10.1. The summed E-state index contributed by atoms with van der Waals surface area (Å²) in [5.41, 5.74) is 0.0398. The van der Waals surface area contributed by atoms with Gasteiger partial charge in [-0.3, -0.25) is 10.1 Å².